The Balaban J connectivity index is 2.47. The summed E-state index contributed by atoms with van der Waals surface area (Å²) in [6, 6.07) is 11.4. The molecule has 0 fully saturated rings. The smallest absolute Gasteiger partial charge is 0.120 e. The minimum Gasteiger partial charge on any atom is -0.497 e. The Morgan fingerprint density at radius 2 is 1.80 bits per heavy atom. The minimum absolute atomic E-state index is 0.0277. The molecule has 0 saturated heterocycles. The highest BCUT2D eigenvalue weighted by molar-refractivity contribution is 9.10. The van der Waals surface area contributed by atoms with Crippen molar-refractivity contribution in [1.82, 2.24) is 5.32 Å². The fourth-order valence-electron chi connectivity index (χ4n) is 2.08. The monoisotopic (exact) mass is 373 g/mol. The van der Waals surface area contributed by atoms with E-state index in [1.54, 1.807) is 7.11 Å². The van der Waals surface area contributed by atoms with Gasteiger partial charge in [0.15, 0.2) is 0 Å². The van der Waals surface area contributed by atoms with Gasteiger partial charge in [0.25, 0.3) is 0 Å². The first-order chi connectivity index (χ1) is 9.56. The fourth-order valence-corrected chi connectivity index (χ4v) is 3.27. The SMILES string of the molecule is CNC(c1ccc(OC)cc1Cl)c1ccc(Cl)cc1Br. The van der Waals surface area contributed by atoms with Crippen LogP contribution in [0.25, 0.3) is 0 Å². The van der Waals surface area contributed by atoms with Gasteiger partial charge in [0.1, 0.15) is 5.75 Å². The maximum atomic E-state index is 6.35. The van der Waals surface area contributed by atoms with Crippen molar-refractivity contribution in [3.05, 3.63) is 62.0 Å². The number of halogens is 3. The van der Waals surface area contributed by atoms with Crippen molar-refractivity contribution >= 4 is 39.1 Å². The summed E-state index contributed by atoms with van der Waals surface area (Å²) in [4.78, 5) is 0. The third-order valence-corrected chi connectivity index (χ3v) is 4.33. The van der Waals surface area contributed by atoms with Crippen LogP contribution >= 0.6 is 39.1 Å². The van der Waals surface area contributed by atoms with Gasteiger partial charge in [0.05, 0.1) is 13.2 Å². The summed E-state index contributed by atoms with van der Waals surface area (Å²) < 4.78 is 6.12. The lowest BCUT2D eigenvalue weighted by atomic mass is 9.98. The van der Waals surface area contributed by atoms with E-state index in [0.29, 0.717) is 10.0 Å². The highest BCUT2D eigenvalue weighted by Gasteiger charge is 2.18. The average Bonchev–Trinajstić information content (AvgIpc) is 2.43. The summed E-state index contributed by atoms with van der Waals surface area (Å²) in [5, 5.41) is 4.62. The number of rotatable bonds is 4. The van der Waals surface area contributed by atoms with Crippen LogP contribution in [0.1, 0.15) is 17.2 Å². The molecular formula is C15H14BrCl2NO. The average molecular weight is 375 g/mol. The van der Waals surface area contributed by atoms with Gasteiger partial charge in [-0.05, 0) is 42.4 Å². The Hall–Kier alpha value is -0.740. The van der Waals surface area contributed by atoms with Crippen molar-refractivity contribution in [3.8, 4) is 5.75 Å². The van der Waals surface area contributed by atoms with Gasteiger partial charge < -0.3 is 10.1 Å². The lowest BCUT2D eigenvalue weighted by Gasteiger charge is -2.20. The second-order valence-electron chi connectivity index (χ2n) is 4.27. The first-order valence-electron chi connectivity index (χ1n) is 6.02. The maximum Gasteiger partial charge on any atom is 0.120 e. The topological polar surface area (TPSA) is 21.3 Å². The van der Waals surface area contributed by atoms with Crippen molar-refractivity contribution in [2.24, 2.45) is 0 Å². The largest absolute Gasteiger partial charge is 0.497 e. The number of hydrogen-bond acceptors (Lipinski definition) is 2. The van der Waals surface area contributed by atoms with Crippen LogP contribution in [0.2, 0.25) is 10.0 Å². The second-order valence-corrected chi connectivity index (χ2v) is 5.97. The molecule has 0 aliphatic heterocycles. The Kier molecular flexibility index (Phi) is 5.33. The number of benzene rings is 2. The van der Waals surface area contributed by atoms with E-state index >= 15 is 0 Å². The predicted octanol–water partition coefficient (Wildman–Crippen LogP) is 5.07. The van der Waals surface area contributed by atoms with E-state index in [0.717, 1.165) is 21.3 Å². The highest BCUT2D eigenvalue weighted by atomic mass is 79.9. The van der Waals surface area contributed by atoms with Crippen molar-refractivity contribution < 1.29 is 4.74 Å². The standard InChI is InChI=1S/C15H14BrCl2NO/c1-19-15(11-5-3-9(17)7-13(11)16)12-6-4-10(20-2)8-14(12)18/h3-8,15,19H,1-2H3. The van der Waals surface area contributed by atoms with Crippen LogP contribution < -0.4 is 10.1 Å². The van der Waals surface area contributed by atoms with E-state index in [2.05, 4.69) is 21.2 Å². The number of methoxy groups -OCH3 is 1. The zero-order valence-electron chi connectivity index (χ0n) is 11.1. The van der Waals surface area contributed by atoms with Crippen LogP contribution in [0.3, 0.4) is 0 Å². The van der Waals surface area contributed by atoms with E-state index in [1.165, 1.54) is 0 Å². The molecule has 2 aromatic carbocycles. The van der Waals surface area contributed by atoms with Gasteiger partial charge in [-0.2, -0.15) is 0 Å². The van der Waals surface area contributed by atoms with E-state index in [4.69, 9.17) is 27.9 Å². The molecule has 0 bridgehead atoms. The number of hydrogen-bond donors (Lipinski definition) is 1. The molecule has 106 valence electrons. The lowest BCUT2D eigenvalue weighted by molar-refractivity contribution is 0.414. The molecule has 2 nitrogen and oxygen atoms in total. The highest BCUT2D eigenvalue weighted by Crippen LogP contribution is 2.35. The van der Waals surface area contributed by atoms with Gasteiger partial charge in [-0.15, -0.1) is 0 Å². The Morgan fingerprint density at radius 3 is 2.35 bits per heavy atom. The molecule has 0 spiro atoms. The summed E-state index contributed by atoms with van der Waals surface area (Å²) in [6.45, 7) is 0. The molecule has 2 aromatic rings. The van der Waals surface area contributed by atoms with Gasteiger partial charge in [-0.25, -0.2) is 0 Å². The second kappa shape index (κ2) is 6.81. The van der Waals surface area contributed by atoms with Crippen LogP contribution in [0.5, 0.6) is 5.75 Å². The molecule has 0 saturated carbocycles. The van der Waals surface area contributed by atoms with Gasteiger partial charge in [0, 0.05) is 14.5 Å². The number of nitrogens with one attached hydrogen (secondary N) is 1. The molecule has 1 N–H and O–H groups in total. The first kappa shape index (κ1) is 15.6. The van der Waals surface area contributed by atoms with Crippen LogP contribution in [-0.2, 0) is 0 Å². The quantitative estimate of drug-likeness (QED) is 0.806. The van der Waals surface area contributed by atoms with E-state index in [1.807, 2.05) is 43.4 Å². The zero-order chi connectivity index (χ0) is 14.7. The summed E-state index contributed by atoms with van der Waals surface area (Å²) >= 11 is 15.9. The van der Waals surface area contributed by atoms with Crippen LogP contribution in [0.15, 0.2) is 40.9 Å². The Morgan fingerprint density at radius 1 is 1.10 bits per heavy atom. The third-order valence-electron chi connectivity index (χ3n) is 3.08. The summed E-state index contributed by atoms with van der Waals surface area (Å²) in [5.41, 5.74) is 2.06. The molecule has 1 atom stereocenters. The van der Waals surface area contributed by atoms with E-state index in [-0.39, 0.29) is 6.04 Å². The molecule has 0 radical (unpaired) electrons. The van der Waals surface area contributed by atoms with E-state index in [9.17, 15) is 0 Å². The third kappa shape index (κ3) is 3.29. The molecule has 0 aliphatic rings. The molecule has 5 heteroatoms. The maximum absolute atomic E-state index is 6.35. The van der Waals surface area contributed by atoms with Gasteiger partial charge in [-0.1, -0.05) is 51.3 Å². The molecule has 2 rings (SSSR count). The van der Waals surface area contributed by atoms with Crippen molar-refractivity contribution in [2.45, 2.75) is 6.04 Å². The van der Waals surface area contributed by atoms with Gasteiger partial charge in [-0.3, -0.25) is 0 Å². The number of ether oxygens (including phenoxy) is 1. The summed E-state index contributed by atoms with van der Waals surface area (Å²) in [6.07, 6.45) is 0. The first-order valence-corrected chi connectivity index (χ1v) is 7.57. The summed E-state index contributed by atoms with van der Waals surface area (Å²) in [7, 11) is 3.52. The van der Waals surface area contributed by atoms with Crippen molar-refractivity contribution in [1.29, 1.82) is 0 Å². The van der Waals surface area contributed by atoms with Crippen LogP contribution in [0, 0.1) is 0 Å². The predicted molar refractivity (Wildman–Crippen MR) is 88.1 cm³/mol. The molecule has 0 aromatic heterocycles. The normalized spacial score (nSPS) is 12.2. The van der Waals surface area contributed by atoms with Crippen LogP contribution in [0.4, 0.5) is 0 Å². The Bertz CT molecular complexity index is 619. The Labute approximate surface area is 137 Å². The molecule has 0 heterocycles. The lowest BCUT2D eigenvalue weighted by Crippen LogP contribution is -2.18. The minimum atomic E-state index is -0.0277. The molecule has 0 aliphatic carbocycles. The molecule has 0 amide bonds. The molecule has 20 heavy (non-hydrogen) atoms. The van der Waals surface area contributed by atoms with Gasteiger partial charge >= 0.3 is 0 Å². The van der Waals surface area contributed by atoms with Crippen molar-refractivity contribution in [3.63, 3.8) is 0 Å². The molecular weight excluding hydrogens is 361 g/mol. The van der Waals surface area contributed by atoms with Crippen molar-refractivity contribution in [2.75, 3.05) is 14.2 Å². The van der Waals surface area contributed by atoms with E-state index < -0.39 is 0 Å². The fraction of sp³-hybridized carbons (Fsp3) is 0.200. The molecule has 1 unspecified atom stereocenters. The van der Waals surface area contributed by atoms with Gasteiger partial charge in [0.2, 0.25) is 0 Å². The van der Waals surface area contributed by atoms with Crippen LogP contribution in [-0.4, -0.2) is 14.2 Å². The summed E-state index contributed by atoms with van der Waals surface area (Å²) in [5.74, 6) is 0.740. The zero-order valence-corrected chi connectivity index (χ0v) is 14.2.